The Kier molecular flexibility index (Phi) is 9.06. The van der Waals surface area contributed by atoms with E-state index in [1.165, 1.54) is 25.7 Å². The van der Waals surface area contributed by atoms with E-state index >= 15 is 0 Å². The van der Waals surface area contributed by atoms with E-state index in [4.69, 9.17) is 4.74 Å². The van der Waals surface area contributed by atoms with Gasteiger partial charge in [0, 0.05) is 38.9 Å². The molecular weight excluding hydrogens is 300 g/mol. The molecule has 1 saturated heterocycles. The lowest BCUT2D eigenvalue weighted by Gasteiger charge is -2.43. The quantitative estimate of drug-likeness (QED) is 0.385. The highest BCUT2D eigenvalue weighted by Gasteiger charge is 2.34. The first-order chi connectivity index (χ1) is 11.4. The molecule has 1 fully saturated rings. The number of hydrogen-bond donors (Lipinski definition) is 2. The maximum Gasteiger partial charge on any atom is 0.191 e. The smallest absolute Gasteiger partial charge is 0.191 e. The third kappa shape index (κ3) is 6.98. The van der Waals surface area contributed by atoms with E-state index in [0.717, 1.165) is 45.1 Å². The largest absolute Gasteiger partial charge is 0.381 e. The van der Waals surface area contributed by atoms with Crippen LogP contribution in [0.5, 0.6) is 0 Å². The summed E-state index contributed by atoms with van der Waals surface area (Å²) in [6.07, 6.45) is 7.29. The predicted molar refractivity (Wildman–Crippen MR) is 104 cm³/mol. The number of aliphatic imine (C=N–C) groups is 1. The average molecular weight is 341 g/mol. The first kappa shape index (κ1) is 21.2. The second-order valence-corrected chi connectivity index (χ2v) is 8.13. The number of rotatable bonds is 9. The second kappa shape index (κ2) is 10.2. The zero-order valence-electron chi connectivity index (χ0n) is 16.9. The highest BCUT2D eigenvalue weighted by molar-refractivity contribution is 5.79. The molecule has 0 aromatic rings. The Morgan fingerprint density at radius 2 is 1.83 bits per heavy atom. The summed E-state index contributed by atoms with van der Waals surface area (Å²) in [5.74, 6) is 0.909. The van der Waals surface area contributed by atoms with E-state index < -0.39 is 0 Å². The van der Waals surface area contributed by atoms with Crippen molar-refractivity contribution in [1.29, 1.82) is 0 Å². The number of guanidine groups is 1. The Hall–Kier alpha value is -0.810. The van der Waals surface area contributed by atoms with Gasteiger partial charge in [-0.05, 0) is 38.8 Å². The van der Waals surface area contributed by atoms with Crippen molar-refractivity contribution in [2.75, 3.05) is 47.4 Å². The standard InChI is InChI=1S/C19H40N4O/c1-7-8-9-10-18(2,3)15-21-17(20-4)22-16-19(23(5)6)11-13-24-14-12-19/h7-16H2,1-6H3,(H2,20,21,22). The predicted octanol–water partition coefficient (Wildman–Crippen LogP) is 2.87. The lowest BCUT2D eigenvalue weighted by atomic mass is 9.87. The highest BCUT2D eigenvalue weighted by Crippen LogP contribution is 2.25. The van der Waals surface area contributed by atoms with Crippen LogP contribution in [0.15, 0.2) is 4.99 Å². The molecular formula is C19H40N4O. The van der Waals surface area contributed by atoms with Gasteiger partial charge in [0.2, 0.25) is 0 Å². The van der Waals surface area contributed by atoms with Crippen LogP contribution in [0.1, 0.15) is 59.3 Å². The van der Waals surface area contributed by atoms with Gasteiger partial charge in [0.25, 0.3) is 0 Å². The Balaban J connectivity index is 2.46. The van der Waals surface area contributed by atoms with Gasteiger partial charge in [-0.3, -0.25) is 4.99 Å². The van der Waals surface area contributed by atoms with E-state index in [1.54, 1.807) is 0 Å². The summed E-state index contributed by atoms with van der Waals surface area (Å²) in [7, 11) is 6.19. The zero-order valence-corrected chi connectivity index (χ0v) is 16.9. The van der Waals surface area contributed by atoms with Gasteiger partial charge >= 0.3 is 0 Å². The number of unbranched alkanes of at least 4 members (excludes halogenated alkanes) is 2. The van der Waals surface area contributed by atoms with Gasteiger partial charge < -0.3 is 20.3 Å². The third-order valence-electron chi connectivity index (χ3n) is 5.37. The van der Waals surface area contributed by atoms with Crippen LogP contribution in [-0.2, 0) is 4.74 Å². The van der Waals surface area contributed by atoms with Crippen molar-refractivity contribution in [3.63, 3.8) is 0 Å². The van der Waals surface area contributed by atoms with Gasteiger partial charge in [0.1, 0.15) is 0 Å². The Bertz CT molecular complexity index is 374. The molecule has 1 aliphatic heterocycles. The van der Waals surface area contributed by atoms with Crippen molar-refractivity contribution in [2.45, 2.75) is 64.8 Å². The summed E-state index contributed by atoms with van der Waals surface area (Å²) < 4.78 is 5.55. The van der Waals surface area contributed by atoms with Crippen LogP contribution < -0.4 is 10.6 Å². The van der Waals surface area contributed by atoms with E-state index in [9.17, 15) is 0 Å². The Morgan fingerprint density at radius 1 is 1.17 bits per heavy atom. The molecule has 5 heteroatoms. The molecule has 0 radical (unpaired) electrons. The molecule has 0 spiro atoms. The van der Waals surface area contributed by atoms with Crippen LogP contribution in [0.25, 0.3) is 0 Å². The van der Waals surface area contributed by atoms with Crippen molar-refractivity contribution in [1.82, 2.24) is 15.5 Å². The Labute approximate surface area is 149 Å². The molecule has 0 atom stereocenters. The molecule has 5 nitrogen and oxygen atoms in total. The van der Waals surface area contributed by atoms with Gasteiger partial charge in [-0.15, -0.1) is 0 Å². The van der Waals surface area contributed by atoms with Gasteiger partial charge in [0.15, 0.2) is 5.96 Å². The zero-order chi connectivity index (χ0) is 18.1. The van der Waals surface area contributed by atoms with E-state index in [-0.39, 0.29) is 5.54 Å². The lowest BCUT2D eigenvalue weighted by molar-refractivity contribution is -0.00502. The molecule has 2 N–H and O–H groups in total. The minimum absolute atomic E-state index is 0.159. The topological polar surface area (TPSA) is 48.9 Å². The molecule has 1 heterocycles. The lowest BCUT2D eigenvalue weighted by Crippen LogP contribution is -2.57. The third-order valence-corrected chi connectivity index (χ3v) is 5.37. The monoisotopic (exact) mass is 340 g/mol. The SMILES string of the molecule is CCCCCC(C)(C)CNC(=NC)NCC1(N(C)C)CCOCC1. The molecule has 0 unspecified atom stereocenters. The molecule has 0 aromatic carbocycles. The second-order valence-electron chi connectivity index (χ2n) is 8.13. The average Bonchev–Trinajstić information content (AvgIpc) is 2.56. The molecule has 0 bridgehead atoms. The molecule has 0 amide bonds. The van der Waals surface area contributed by atoms with Crippen molar-refractivity contribution in [3.8, 4) is 0 Å². The number of likely N-dealkylation sites (N-methyl/N-ethyl adjacent to an activating group) is 1. The van der Waals surface area contributed by atoms with Gasteiger partial charge in [0.05, 0.1) is 0 Å². The molecule has 0 aromatic heterocycles. The van der Waals surface area contributed by atoms with Crippen molar-refractivity contribution in [3.05, 3.63) is 0 Å². The summed E-state index contributed by atoms with van der Waals surface area (Å²) in [5, 5.41) is 7.06. The van der Waals surface area contributed by atoms with Crippen LogP contribution in [0.3, 0.4) is 0 Å². The molecule has 142 valence electrons. The van der Waals surface area contributed by atoms with Crippen LogP contribution in [0.2, 0.25) is 0 Å². The molecule has 24 heavy (non-hydrogen) atoms. The first-order valence-electron chi connectivity index (χ1n) is 9.55. The summed E-state index contributed by atoms with van der Waals surface area (Å²) in [4.78, 5) is 6.74. The number of nitrogens with one attached hydrogen (secondary N) is 2. The highest BCUT2D eigenvalue weighted by atomic mass is 16.5. The normalized spacial score (nSPS) is 18.7. The number of nitrogens with zero attached hydrogens (tertiary/aromatic N) is 2. The van der Waals surface area contributed by atoms with Gasteiger partial charge in [-0.1, -0.05) is 40.0 Å². The molecule has 1 aliphatic rings. The summed E-state index contributed by atoms with van der Waals surface area (Å²) >= 11 is 0. The minimum atomic E-state index is 0.159. The van der Waals surface area contributed by atoms with Crippen molar-refractivity contribution in [2.24, 2.45) is 10.4 Å². The Morgan fingerprint density at radius 3 is 2.38 bits per heavy atom. The molecule has 1 rings (SSSR count). The number of ether oxygens (including phenoxy) is 1. The molecule has 0 aliphatic carbocycles. The maximum atomic E-state index is 5.55. The van der Waals surface area contributed by atoms with Crippen LogP contribution in [0, 0.1) is 5.41 Å². The fourth-order valence-corrected chi connectivity index (χ4v) is 3.27. The van der Waals surface area contributed by atoms with Crippen LogP contribution in [0.4, 0.5) is 0 Å². The van der Waals surface area contributed by atoms with E-state index in [1.807, 2.05) is 7.05 Å². The first-order valence-corrected chi connectivity index (χ1v) is 9.55. The minimum Gasteiger partial charge on any atom is -0.381 e. The molecule has 0 saturated carbocycles. The van der Waals surface area contributed by atoms with Gasteiger partial charge in [-0.2, -0.15) is 0 Å². The van der Waals surface area contributed by atoms with Crippen molar-refractivity contribution < 1.29 is 4.74 Å². The summed E-state index contributed by atoms with van der Waals surface area (Å²) in [6.45, 7) is 10.5. The maximum absolute atomic E-state index is 5.55. The summed E-state index contributed by atoms with van der Waals surface area (Å²) in [5.41, 5.74) is 0.456. The summed E-state index contributed by atoms with van der Waals surface area (Å²) in [6, 6.07) is 0. The van der Waals surface area contributed by atoms with Crippen molar-refractivity contribution >= 4 is 5.96 Å². The fraction of sp³-hybridized carbons (Fsp3) is 0.947. The van der Waals surface area contributed by atoms with Crippen LogP contribution >= 0.6 is 0 Å². The van der Waals surface area contributed by atoms with Gasteiger partial charge in [-0.25, -0.2) is 0 Å². The number of hydrogen-bond acceptors (Lipinski definition) is 3. The van der Waals surface area contributed by atoms with E-state index in [2.05, 4.69) is 55.4 Å². The van der Waals surface area contributed by atoms with Crippen LogP contribution in [-0.4, -0.2) is 63.8 Å². The van der Waals surface area contributed by atoms with E-state index in [0.29, 0.717) is 5.41 Å². The fourth-order valence-electron chi connectivity index (χ4n) is 3.27.